The molecular weight excluding hydrogens is 246 g/mol. The van der Waals surface area contributed by atoms with Crippen LogP contribution in [0.15, 0.2) is 16.7 Å². The van der Waals surface area contributed by atoms with Crippen LogP contribution in [0.25, 0.3) is 11.4 Å². The topological polar surface area (TPSA) is 105 Å². The Morgan fingerprint density at radius 3 is 2.53 bits per heavy atom. The molecule has 1 aromatic heterocycles. The molecule has 0 aliphatic heterocycles. The van der Waals surface area contributed by atoms with E-state index in [0.29, 0.717) is 18.1 Å². The highest BCUT2D eigenvalue weighted by Crippen LogP contribution is 2.28. The molecule has 4 N–H and O–H groups in total. The highest BCUT2D eigenvalue weighted by molar-refractivity contribution is 5.60. The van der Waals surface area contributed by atoms with Gasteiger partial charge in [0.1, 0.15) is 5.75 Å². The Morgan fingerprint density at radius 1 is 1.32 bits per heavy atom. The monoisotopic (exact) mass is 263 g/mol. The summed E-state index contributed by atoms with van der Waals surface area (Å²) in [5.74, 6) is 0.992. The zero-order chi connectivity index (χ0) is 14.0. The standard InChI is InChI=1S/C13H17N3O3/c1-7-5-9(6-8(2)11(7)18)12-15-13(19-16-12)10(14)3-4-17/h5-6,10,17-18H,3-4,14H2,1-2H3. The van der Waals surface area contributed by atoms with Crippen molar-refractivity contribution < 1.29 is 14.7 Å². The van der Waals surface area contributed by atoms with E-state index in [2.05, 4.69) is 10.1 Å². The van der Waals surface area contributed by atoms with E-state index in [4.69, 9.17) is 15.4 Å². The lowest BCUT2D eigenvalue weighted by Gasteiger charge is -2.05. The number of aromatic nitrogens is 2. The molecular formula is C13H17N3O3. The SMILES string of the molecule is Cc1cc(-c2noc(C(N)CCO)n2)cc(C)c1O. The van der Waals surface area contributed by atoms with E-state index in [1.54, 1.807) is 12.1 Å². The lowest BCUT2D eigenvalue weighted by atomic mass is 10.1. The van der Waals surface area contributed by atoms with Gasteiger partial charge in [0.05, 0.1) is 6.04 Å². The maximum Gasteiger partial charge on any atom is 0.243 e. The summed E-state index contributed by atoms with van der Waals surface area (Å²) in [5, 5.41) is 22.4. The highest BCUT2D eigenvalue weighted by Gasteiger charge is 2.16. The van der Waals surface area contributed by atoms with Gasteiger partial charge in [-0.1, -0.05) is 5.16 Å². The number of aliphatic hydroxyl groups is 1. The van der Waals surface area contributed by atoms with Crippen molar-refractivity contribution in [2.24, 2.45) is 5.73 Å². The Bertz CT molecular complexity index is 557. The molecule has 102 valence electrons. The number of aliphatic hydroxyl groups excluding tert-OH is 1. The summed E-state index contributed by atoms with van der Waals surface area (Å²) >= 11 is 0. The molecule has 0 saturated heterocycles. The molecule has 0 amide bonds. The van der Waals surface area contributed by atoms with Crippen molar-refractivity contribution in [1.29, 1.82) is 0 Å². The molecule has 1 heterocycles. The van der Waals surface area contributed by atoms with Gasteiger partial charge in [-0.2, -0.15) is 4.98 Å². The second kappa shape index (κ2) is 5.38. The van der Waals surface area contributed by atoms with E-state index in [0.717, 1.165) is 16.7 Å². The first-order valence-electron chi connectivity index (χ1n) is 6.03. The van der Waals surface area contributed by atoms with Crippen LogP contribution in [0.2, 0.25) is 0 Å². The Hall–Kier alpha value is -1.92. The average Bonchev–Trinajstić information content (AvgIpc) is 2.85. The van der Waals surface area contributed by atoms with Gasteiger partial charge in [0.15, 0.2) is 0 Å². The fourth-order valence-electron chi connectivity index (χ4n) is 1.85. The summed E-state index contributed by atoms with van der Waals surface area (Å²) in [4.78, 5) is 4.22. The van der Waals surface area contributed by atoms with Crippen LogP contribution in [0.3, 0.4) is 0 Å². The van der Waals surface area contributed by atoms with E-state index < -0.39 is 6.04 Å². The Balaban J connectivity index is 2.33. The minimum atomic E-state index is -0.467. The molecule has 2 aromatic rings. The molecule has 6 nitrogen and oxygen atoms in total. The van der Waals surface area contributed by atoms with Crippen LogP contribution in [0.4, 0.5) is 0 Å². The van der Waals surface area contributed by atoms with Crippen molar-refractivity contribution in [3.05, 3.63) is 29.2 Å². The smallest absolute Gasteiger partial charge is 0.243 e. The molecule has 0 radical (unpaired) electrons. The van der Waals surface area contributed by atoms with Gasteiger partial charge < -0.3 is 20.5 Å². The summed E-state index contributed by atoms with van der Waals surface area (Å²) in [5.41, 5.74) is 8.05. The molecule has 0 saturated carbocycles. The summed E-state index contributed by atoms with van der Waals surface area (Å²) < 4.78 is 5.08. The van der Waals surface area contributed by atoms with Crippen molar-refractivity contribution >= 4 is 0 Å². The molecule has 1 unspecified atom stereocenters. The average molecular weight is 263 g/mol. The largest absolute Gasteiger partial charge is 0.507 e. The van der Waals surface area contributed by atoms with Crippen molar-refractivity contribution in [2.45, 2.75) is 26.3 Å². The summed E-state index contributed by atoms with van der Waals surface area (Å²) in [7, 11) is 0. The molecule has 19 heavy (non-hydrogen) atoms. The maximum atomic E-state index is 9.73. The number of hydrogen-bond acceptors (Lipinski definition) is 6. The van der Waals surface area contributed by atoms with Crippen LogP contribution >= 0.6 is 0 Å². The molecule has 1 atom stereocenters. The molecule has 0 aliphatic carbocycles. The number of aryl methyl sites for hydroxylation is 2. The van der Waals surface area contributed by atoms with Gasteiger partial charge in [-0.3, -0.25) is 0 Å². The summed E-state index contributed by atoms with van der Waals surface area (Å²) in [6.07, 6.45) is 0.370. The van der Waals surface area contributed by atoms with E-state index in [1.807, 2.05) is 13.8 Å². The van der Waals surface area contributed by atoms with Crippen molar-refractivity contribution in [3.63, 3.8) is 0 Å². The number of benzene rings is 1. The lowest BCUT2D eigenvalue weighted by molar-refractivity contribution is 0.259. The molecule has 0 bridgehead atoms. The molecule has 2 rings (SSSR count). The maximum absolute atomic E-state index is 9.73. The normalized spacial score (nSPS) is 12.6. The van der Waals surface area contributed by atoms with Crippen molar-refractivity contribution in [1.82, 2.24) is 10.1 Å². The fraction of sp³-hybridized carbons (Fsp3) is 0.385. The predicted octanol–water partition coefficient (Wildman–Crippen LogP) is 1.44. The van der Waals surface area contributed by atoms with Crippen LogP contribution in [-0.2, 0) is 0 Å². The highest BCUT2D eigenvalue weighted by atomic mass is 16.5. The third-order valence-electron chi connectivity index (χ3n) is 2.95. The van der Waals surface area contributed by atoms with Gasteiger partial charge in [0, 0.05) is 12.2 Å². The number of nitrogens with zero attached hydrogens (tertiary/aromatic N) is 2. The number of rotatable bonds is 4. The molecule has 0 fully saturated rings. The first-order valence-corrected chi connectivity index (χ1v) is 6.03. The third kappa shape index (κ3) is 2.74. The first-order chi connectivity index (χ1) is 9.02. The van der Waals surface area contributed by atoms with Gasteiger partial charge in [-0.15, -0.1) is 0 Å². The van der Waals surface area contributed by atoms with Crippen LogP contribution < -0.4 is 5.73 Å². The predicted molar refractivity (Wildman–Crippen MR) is 69.5 cm³/mol. The minimum Gasteiger partial charge on any atom is -0.507 e. The Morgan fingerprint density at radius 2 is 1.95 bits per heavy atom. The third-order valence-corrected chi connectivity index (χ3v) is 2.95. The van der Waals surface area contributed by atoms with E-state index in [9.17, 15) is 5.11 Å². The number of aromatic hydroxyl groups is 1. The molecule has 0 spiro atoms. The fourth-order valence-corrected chi connectivity index (χ4v) is 1.85. The second-order valence-corrected chi connectivity index (χ2v) is 4.53. The number of hydrogen-bond donors (Lipinski definition) is 3. The van der Waals surface area contributed by atoms with Gasteiger partial charge in [0.25, 0.3) is 0 Å². The zero-order valence-electron chi connectivity index (χ0n) is 10.9. The van der Waals surface area contributed by atoms with Crippen LogP contribution in [0.1, 0.15) is 29.5 Å². The number of phenolic OH excluding ortho intramolecular Hbond substituents is 1. The Labute approximate surface area is 110 Å². The second-order valence-electron chi connectivity index (χ2n) is 4.53. The van der Waals surface area contributed by atoms with Crippen LogP contribution in [0, 0.1) is 13.8 Å². The van der Waals surface area contributed by atoms with Crippen molar-refractivity contribution in [2.75, 3.05) is 6.61 Å². The van der Waals surface area contributed by atoms with E-state index >= 15 is 0 Å². The molecule has 0 aliphatic rings. The number of nitrogens with two attached hydrogens (primary N) is 1. The van der Waals surface area contributed by atoms with Gasteiger partial charge >= 0.3 is 0 Å². The van der Waals surface area contributed by atoms with Gasteiger partial charge in [-0.05, 0) is 43.5 Å². The first kappa shape index (κ1) is 13.5. The van der Waals surface area contributed by atoms with E-state index in [-0.39, 0.29) is 12.4 Å². The quantitative estimate of drug-likeness (QED) is 0.770. The molecule has 1 aromatic carbocycles. The summed E-state index contributed by atoms with van der Waals surface area (Å²) in [6.45, 7) is 3.59. The zero-order valence-corrected chi connectivity index (χ0v) is 10.9. The minimum absolute atomic E-state index is 0.0314. The van der Waals surface area contributed by atoms with Crippen molar-refractivity contribution in [3.8, 4) is 17.1 Å². The molecule has 6 heteroatoms. The van der Waals surface area contributed by atoms with Gasteiger partial charge in [-0.25, -0.2) is 0 Å². The lowest BCUT2D eigenvalue weighted by Crippen LogP contribution is -2.12. The van der Waals surface area contributed by atoms with Crippen LogP contribution in [0.5, 0.6) is 5.75 Å². The summed E-state index contributed by atoms with van der Waals surface area (Å²) in [6, 6.07) is 3.11. The number of phenols is 1. The van der Waals surface area contributed by atoms with Gasteiger partial charge in [0.2, 0.25) is 11.7 Å². The van der Waals surface area contributed by atoms with Crippen LogP contribution in [-0.4, -0.2) is 27.0 Å². The van der Waals surface area contributed by atoms with E-state index in [1.165, 1.54) is 0 Å². The Kier molecular flexibility index (Phi) is 3.82.